The largest absolute Gasteiger partial charge is 0.446 e. The van der Waals surface area contributed by atoms with E-state index in [1.165, 1.54) is 0 Å². The molecule has 0 aromatic carbocycles. The van der Waals surface area contributed by atoms with Gasteiger partial charge in [-0.05, 0) is 58.8 Å². The number of fused-ring (bicyclic) bond motifs is 2. The second-order valence-corrected chi connectivity index (χ2v) is 11.6. The molecule has 192 valence electrons. The maximum Gasteiger partial charge on any atom is 0.408 e. The van der Waals surface area contributed by atoms with Gasteiger partial charge in [-0.2, -0.15) is 0 Å². The molecule has 9 heteroatoms. The highest BCUT2D eigenvalue weighted by molar-refractivity contribution is 5.88. The highest BCUT2D eigenvalue weighted by Crippen LogP contribution is 2.41. The van der Waals surface area contributed by atoms with Crippen LogP contribution in [0, 0.1) is 11.8 Å². The summed E-state index contributed by atoms with van der Waals surface area (Å²) in [6.45, 7) is 11.2. The van der Waals surface area contributed by atoms with E-state index in [1.54, 1.807) is 0 Å². The van der Waals surface area contributed by atoms with E-state index in [0.29, 0.717) is 37.8 Å². The molecule has 3 heterocycles. The van der Waals surface area contributed by atoms with Gasteiger partial charge in [0.25, 0.3) is 0 Å². The monoisotopic (exact) mass is 478 g/mol. The van der Waals surface area contributed by atoms with Gasteiger partial charge >= 0.3 is 6.09 Å². The standard InChI is InChI=1S/C25H42N4O5/c1-15(2)10-21(23(32)27-17(14-30)11-16-8-9-26-22(16)31)28-24(33)34-20-12-18-6-7-19(13-20)29(18)25(3,4)5/h14-21H,6-13H2,1-5H3,(H,26,31)(H,27,32)(H,28,33)/t16?,17?,18?,19?,20?,21-/m0/s1. The number of aldehydes is 1. The average Bonchev–Trinajstić information content (AvgIpc) is 3.26. The molecule has 0 aliphatic carbocycles. The van der Waals surface area contributed by atoms with Gasteiger partial charge in [-0.1, -0.05) is 13.8 Å². The van der Waals surface area contributed by atoms with Gasteiger partial charge in [0.2, 0.25) is 11.8 Å². The summed E-state index contributed by atoms with van der Waals surface area (Å²) >= 11 is 0. The first-order valence-corrected chi connectivity index (χ1v) is 12.8. The topological polar surface area (TPSA) is 117 Å². The Labute approximate surface area is 203 Å². The van der Waals surface area contributed by atoms with Gasteiger partial charge in [-0.15, -0.1) is 0 Å². The van der Waals surface area contributed by atoms with Gasteiger partial charge in [-0.25, -0.2) is 4.79 Å². The van der Waals surface area contributed by atoms with Crippen LogP contribution in [0.5, 0.6) is 0 Å². The van der Waals surface area contributed by atoms with Crippen LogP contribution in [0.1, 0.15) is 79.6 Å². The molecular weight excluding hydrogens is 436 g/mol. The van der Waals surface area contributed by atoms with Gasteiger partial charge in [-0.3, -0.25) is 14.5 Å². The second kappa shape index (κ2) is 11.1. The van der Waals surface area contributed by atoms with Gasteiger partial charge in [0.15, 0.2) is 0 Å². The number of alkyl carbamates (subject to hydrolysis) is 1. The molecule has 3 N–H and O–H groups in total. The first-order chi connectivity index (χ1) is 16.0. The van der Waals surface area contributed by atoms with Crippen LogP contribution >= 0.6 is 0 Å². The molecule has 0 aromatic heterocycles. The Morgan fingerprint density at radius 3 is 2.29 bits per heavy atom. The molecule has 0 radical (unpaired) electrons. The third-order valence-corrected chi connectivity index (χ3v) is 7.25. The Morgan fingerprint density at radius 2 is 1.79 bits per heavy atom. The van der Waals surface area contributed by atoms with Crippen molar-refractivity contribution in [2.24, 2.45) is 11.8 Å². The molecular formula is C25H42N4O5. The summed E-state index contributed by atoms with van der Waals surface area (Å²) in [6, 6.07) is -0.759. The third kappa shape index (κ3) is 6.71. The molecule has 5 atom stereocenters. The van der Waals surface area contributed by atoms with Gasteiger partial charge < -0.3 is 25.5 Å². The maximum absolute atomic E-state index is 13.0. The normalized spacial score (nSPS) is 28.8. The molecule has 3 saturated heterocycles. The number of nitrogens with zero attached hydrogens (tertiary/aromatic N) is 1. The van der Waals surface area contributed by atoms with E-state index in [-0.39, 0.29) is 35.8 Å². The fourth-order valence-electron chi connectivity index (χ4n) is 5.96. The smallest absolute Gasteiger partial charge is 0.408 e. The third-order valence-electron chi connectivity index (χ3n) is 7.25. The summed E-state index contributed by atoms with van der Waals surface area (Å²) < 4.78 is 5.77. The lowest BCUT2D eigenvalue weighted by Gasteiger charge is -2.46. The van der Waals surface area contributed by atoms with Gasteiger partial charge in [0, 0.05) is 42.9 Å². The summed E-state index contributed by atoms with van der Waals surface area (Å²) in [5.41, 5.74) is 0.0911. The summed E-state index contributed by atoms with van der Waals surface area (Å²) in [5, 5.41) is 8.19. The number of carbonyl (C=O) groups excluding carboxylic acids is 4. The summed E-state index contributed by atoms with van der Waals surface area (Å²) in [6.07, 6.45) is 5.08. The minimum absolute atomic E-state index is 0.0898. The Kier molecular flexibility index (Phi) is 8.60. The number of nitrogens with one attached hydrogen (secondary N) is 3. The Morgan fingerprint density at radius 1 is 1.15 bits per heavy atom. The van der Waals surface area contributed by atoms with Crippen LogP contribution < -0.4 is 16.0 Å². The SMILES string of the molecule is CC(C)C[C@H](NC(=O)OC1CC2CCC(C1)N2C(C)(C)C)C(=O)NC(C=O)CC1CCNC1=O. The lowest BCUT2D eigenvalue weighted by molar-refractivity contribution is -0.127. The number of hydrogen-bond acceptors (Lipinski definition) is 6. The molecule has 9 nitrogen and oxygen atoms in total. The van der Waals surface area contributed by atoms with Crippen molar-refractivity contribution in [2.75, 3.05) is 6.54 Å². The summed E-state index contributed by atoms with van der Waals surface area (Å²) in [4.78, 5) is 51.7. The number of hydrogen-bond donors (Lipinski definition) is 3. The second-order valence-electron chi connectivity index (χ2n) is 11.6. The molecule has 0 saturated carbocycles. The van der Waals surface area contributed by atoms with Crippen molar-refractivity contribution < 1.29 is 23.9 Å². The van der Waals surface area contributed by atoms with E-state index in [0.717, 1.165) is 25.7 Å². The van der Waals surface area contributed by atoms with E-state index in [9.17, 15) is 19.2 Å². The first-order valence-electron chi connectivity index (χ1n) is 12.8. The van der Waals surface area contributed by atoms with Crippen molar-refractivity contribution >= 4 is 24.2 Å². The van der Waals surface area contributed by atoms with Crippen LogP contribution in [0.4, 0.5) is 4.79 Å². The highest BCUT2D eigenvalue weighted by atomic mass is 16.6. The molecule has 0 spiro atoms. The predicted octanol–water partition coefficient (Wildman–Crippen LogP) is 2.13. The van der Waals surface area contributed by atoms with E-state index < -0.39 is 24.1 Å². The lowest BCUT2D eigenvalue weighted by atomic mass is 9.93. The zero-order chi connectivity index (χ0) is 25.0. The zero-order valence-electron chi connectivity index (χ0n) is 21.3. The average molecular weight is 479 g/mol. The van der Waals surface area contributed by atoms with Crippen LogP contribution in [0.3, 0.4) is 0 Å². The quantitative estimate of drug-likeness (QED) is 0.437. The van der Waals surface area contributed by atoms with Gasteiger partial charge in [0.1, 0.15) is 18.4 Å². The van der Waals surface area contributed by atoms with Crippen molar-refractivity contribution in [2.45, 2.75) is 115 Å². The van der Waals surface area contributed by atoms with Crippen molar-refractivity contribution in [3.05, 3.63) is 0 Å². The molecule has 3 aliphatic heterocycles. The number of amides is 3. The lowest BCUT2D eigenvalue weighted by Crippen LogP contribution is -2.55. The molecule has 34 heavy (non-hydrogen) atoms. The fourth-order valence-corrected chi connectivity index (χ4v) is 5.96. The Hall–Kier alpha value is -2.16. The van der Waals surface area contributed by atoms with Crippen LogP contribution in [-0.2, 0) is 19.1 Å². The summed E-state index contributed by atoms with van der Waals surface area (Å²) in [5.74, 6) is -0.652. The number of piperidine rings is 1. The number of carbonyl (C=O) groups is 4. The Balaban J connectivity index is 1.54. The highest BCUT2D eigenvalue weighted by Gasteiger charge is 2.46. The Bertz CT molecular complexity index is 751. The maximum atomic E-state index is 13.0. The van der Waals surface area contributed by atoms with Crippen LogP contribution in [-0.4, -0.2) is 71.4 Å². The minimum atomic E-state index is -0.807. The van der Waals surface area contributed by atoms with Crippen molar-refractivity contribution in [3.63, 3.8) is 0 Å². The molecule has 3 rings (SSSR count). The molecule has 4 unspecified atom stereocenters. The molecule has 3 aliphatic rings. The first kappa shape index (κ1) is 26.4. The van der Waals surface area contributed by atoms with Crippen molar-refractivity contribution in [3.8, 4) is 0 Å². The van der Waals surface area contributed by atoms with Gasteiger partial charge in [0.05, 0.1) is 6.04 Å². The number of ether oxygens (including phenoxy) is 1. The van der Waals surface area contributed by atoms with Crippen molar-refractivity contribution in [1.29, 1.82) is 0 Å². The van der Waals surface area contributed by atoms with Crippen LogP contribution in [0.25, 0.3) is 0 Å². The molecule has 0 aromatic rings. The zero-order valence-corrected chi connectivity index (χ0v) is 21.3. The van der Waals surface area contributed by atoms with E-state index in [1.807, 2.05) is 13.8 Å². The summed E-state index contributed by atoms with van der Waals surface area (Å²) in [7, 11) is 0. The van der Waals surface area contributed by atoms with Crippen LogP contribution in [0.15, 0.2) is 0 Å². The van der Waals surface area contributed by atoms with Crippen molar-refractivity contribution in [1.82, 2.24) is 20.9 Å². The minimum Gasteiger partial charge on any atom is -0.446 e. The van der Waals surface area contributed by atoms with E-state index >= 15 is 0 Å². The fraction of sp³-hybridized carbons (Fsp3) is 0.840. The van der Waals surface area contributed by atoms with E-state index in [2.05, 4.69) is 41.6 Å². The number of rotatable bonds is 9. The predicted molar refractivity (Wildman–Crippen MR) is 128 cm³/mol. The molecule has 3 amide bonds. The molecule has 2 bridgehead atoms. The molecule has 3 fully saturated rings. The van der Waals surface area contributed by atoms with Crippen LogP contribution in [0.2, 0.25) is 0 Å². The van der Waals surface area contributed by atoms with E-state index in [4.69, 9.17) is 4.74 Å².